The normalized spacial score (nSPS) is 18.6. The zero-order chi connectivity index (χ0) is 32.4. The number of benzene rings is 3. The number of hydrogen-bond donors (Lipinski definition) is 2. The molecule has 4 aromatic rings. The van der Waals surface area contributed by atoms with E-state index in [0.29, 0.717) is 48.6 Å². The van der Waals surface area contributed by atoms with Crippen LogP contribution in [0.1, 0.15) is 44.2 Å². The largest absolute Gasteiger partial charge is 0.456 e. The van der Waals surface area contributed by atoms with E-state index in [0.717, 1.165) is 29.4 Å². The molecule has 6 rings (SSSR count). The van der Waals surface area contributed by atoms with Crippen LogP contribution in [0.2, 0.25) is 0 Å². The van der Waals surface area contributed by atoms with Gasteiger partial charge in [0.05, 0.1) is 0 Å². The van der Waals surface area contributed by atoms with E-state index in [2.05, 4.69) is 10.6 Å². The number of nitrogens with one attached hydrogen (secondary N) is 2. The minimum Gasteiger partial charge on any atom is -0.456 e. The minimum absolute atomic E-state index is 0.0756. The summed E-state index contributed by atoms with van der Waals surface area (Å²) in [6, 6.07) is 22.9. The van der Waals surface area contributed by atoms with Crippen molar-refractivity contribution in [1.82, 2.24) is 14.7 Å². The van der Waals surface area contributed by atoms with Crippen molar-refractivity contribution in [2.75, 3.05) is 37.8 Å². The average Bonchev–Trinajstić information content (AvgIpc) is 3.81. The number of likely N-dealkylation sites (N-methyl/N-ethyl adjacent to an activating group) is 1. The summed E-state index contributed by atoms with van der Waals surface area (Å²) in [6.07, 6.45) is 2.85. The first kappa shape index (κ1) is 31.0. The number of carbonyl (C=O) groups is 4. The van der Waals surface area contributed by atoms with Gasteiger partial charge >= 0.3 is 0 Å². The Morgan fingerprint density at radius 1 is 0.783 bits per heavy atom. The number of furan rings is 1. The van der Waals surface area contributed by atoms with E-state index in [-0.39, 0.29) is 23.6 Å². The van der Waals surface area contributed by atoms with Crippen LogP contribution in [0.25, 0.3) is 22.3 Å². The summed E-state index contributed by atoms with van der Waals surface area (Å²) in [5.41, 5.74) is 3.67. The lowest BCUT2D eigenvalue weighted by Crippen LogP contribution is -2.47. The van der Waals surface area contributed by atoms with E-state index >= 15 is 0 Å². The molecule has 0 saturated carbocycles. The maximum Gasteiger partial charge on any atom is 0.247 e. The second-order valence-electron chi connectivity index (χ2n) is 12.3. The first-order valence-electron chi connectivity index (χ1n) is 15.7. The van der Waals surface area contributed by atoms with Crippen LogP contribution in [-0.4, -0.2) is 77.6 Å². The van der Waals surface area contributed by atoms with E-state index in [9.17, 15) is 19.2 Å². The molecule has 3 atom stereocenters. The Balaban J connectivity index is 1.11. The summed E-state index contributed by atoms with van der Waals surface area (Å²) in [7, 11) is 3.75. The van der Waals surface area contributed by atoms with Gasteiger partial charge in [-0.2, -0.15) is 0 Å². The summed E-state index contributed by atoms with van der Waals surface area (Å²) >= 11 is 0. The fourth-order valence-electron chi connectivity index (χ4n) is 6.61. The van der Waals surface area contributed by atoms with Gasteiger partial charge in [0.2, 0.25) is 23.6 Å². The highest BCUT2D eigenvalue weighted by molar-refractivity contribution is 6.00. The standard InChI is InChI=1S/C36H39N5O5/c1-23(42)40-19-7-11-29(40)34(43)38-28-17-18-31-26(21-28)22-32(46-31)24-13-15-27(16-14-24)37-35(44)30-12-8-20-41(30)36(45)33(39(2)3)25-9-5-4-6-10-25/h4-6,9-10,13-18,21-22,29-30,33H,7-8,11-12,19-20H2,1-3H3,(H,37,44)(H,38,43)/t29-,30?,33-/m0/s1. The predicted molar refractivity (Wildman–Crippen MR) is 177 cm³/mol. The van der Waals surface area contributed by atoms with Gasteiger partial charge in [0, 0.05) is 42.3 Å². The minimum atomic E-state index is -0.539. The van der Waals surface area contributed by atoms with E-state index in [1.807, 2.05) is 91.8 Å². The molecule has 10 heteroatoms. The molecular formula is C36H39N5O5. The second-order valence-corrected chi connectivity index (χ2v) is 12.3. The van der Waals surface area contributed by atoms with Crippen molar-refractivity contribution in [2.45, 2.75) is 50.7 Å². The topological polar surface area (TPSA) is 115 Å². The molecule has 46 heavy (non-hydrogen) atoms. The molecule has 2 N–H and O–H groups in total. The van der Waals surface area contributed by atoms with Crippen LogP contribution >= 0.6 is 0 Å². The lowest BCUT2D eigenvalue weighted by atomic mass is 10.0. The third-order valence-corrected chi connectivity index (χ3v) is 8.88. The van der Waals surface area contributed by atoms with Gasteiger partial charge in [-0.15, -0.1) is 0 Å². The Bertz CT molecular complexity index is 1750. The number of carbonyl (C=O) groups excluding carboxylic acids is 4. The molecule has 1 aromatic heterocycles. The van der Waals surface area contributed by atoms with E-state index < -0.39 is 18.1 Å². The average molecular weight is 622 g/mol. The number of hydrogen-bond acceptors (Lipinski definition) is 6. The first-order chi connectivity index (χ1) is 22.2. The van der Waals surface area contributed by atoms with Crippen molar-refractivity contribution >= 4 is 46.0 Å². The molecular weight excluding hydrogens is 582 g/mol. The maximum absolute atomic E-state index is 13.7. The van der Waals surface area contributed by atoms with Crippen molar-refractivity contribution in [3.05, 3.63) is 84.4 Å². The summed E-state index contributed by atoms with van der Waals surface area (Å²) < 4.78 is 6.08. The quantitative estimate of drug-likeness (QED) is 0.277. The Hall–Kier alpha value is -4.96. The van der Waals surface area contributed by atoms with E-state index in [4.69, 9.17) is 4.42 Å². The van der Waals surface area contributed by atoms with Crippen molar-refractivity contribution in [2.24, 2.45) is 0 Å². The van der Waals surface area contributed by atoms with Gasteiger partial charge in [-0.3, -0.25) is 24.1 Å². The van der Waals surface area contributed by atoms with E-state index in [1.165, 1.54) is 6.92 Å². The van der Waals surface area contributed by atoms with Crippen molar-refractivity contribution in [1.29, 1.82) is 0 Å². The molecule has 10 nitrogen and oxygen atoms in total. The van der Waals surface area contributed by atoms with Gasteiger partial charge in [0.15, 0.2) is 0 Å². The molecule has 0 spiro atoms. The summed E-state index contributed by atoms with van der Waals surface area (Å²) in [5.74, 6) is 0.0935. The van der Waals surface area contributed by atoms with Crippen LogP contribution in [0.4, 0.5) is 11.4 Å². The molecule has 2 fully saturated rings. The maximum atomic E-state index is 13.7. The monoisotopic (exact) mass is 621 g/mol. The number of amides is 4. The molecule has 2 aliphatic rings. The number of nitrogens with zero attached hydrogens (tertiary/aromatic N) is 3. The molecule has 3 aromatic carbocycles. The van der Waals surface area contributed by atoms with Crippen LogP contribution in [0, 0.1) is 0 Å². The number of rotatable bonds is 8. The summed E-state index contributed by atoms with van der Waals surface area (Å²) in [5, 5.41) is 6.78. The Labute approximate surface area is 268 Å². The van der Waals surface area contributed by atoms with Crippen LogP contribution < -0.4 is 10.6 Å². The lowest BCUT2D eigenvalue weighted by Gasteiger charge is -2.31. The first-order valence-corrected chi connectivity index (χ1v) is 15.7. The highest BCUT2D eigenvalue weighted by Gasteiger charge is 2.38. The summed E-state index contributed by atoms with van der Waals surface area (Å²) in [4.78, 5) is 57.0. The fourth-order valence-corrected chi connectivity index (χ4v) is 6.61. The predicted octanol–water partition coefficient (Wildman–Crippen LogP) is 5.28. The fraction of sp³-hybridized carbons (Fsp3) is 0.333. The van der Waals surface area contributed by atoms with Gasteiger partial charge in [-0.1, -0.05) is 30.3 Å². The molecule has 4 amide bonds. The highest BCUT2D eigenvalue weighted by Crippen LogP contribution is 2.32. The van der Waals surface area contributed by atoms with Crippen LogP contribution in [0.5, 0.6) is 0 Å². The van der Waals surface area contributed by atoms with Gasteiger partial charge < -0.3 is 24.9 Å². The molecule has 2 aliphatic heterocycles. The molecule has 238 valence electrons. The number of likely N-dealkylation sites (tertiary alicyclic amines) is 2. The van der Waals surface area contributed by atoms with Crippen LogP contribution in [0.3, 0.4) is 0 Å². The highest BCUT2D eigenvalue weighted by atomic mass is 16.3. The second kappa shape index (κ2) is 13.2. The lowest BCUT2D eigenvalue weighted by molar-refractivity contribution is -0.140. The number of anilines is 2. The molecule has 2 saturated heterocycles. The Morgan fingerprint density at radius 2 is 1.39 bits per heavy atom. The smallest absolute Gasteiger partial charge is 0.247 e. The SMILES string of the molecule is CC(=O)N1CCC[C@H]1C(=O)Nc1ccc2oc(-c3ccc(NC(=O)C4CCCN4C(=O)[C@H](c4ccccc4)N(C)C)cc3)cc2c1. The third kappa shape index (κ3) is 6.39. The van der Waals surface area contributed by atoms with E-state index in [1.54, 1.807) is 15.9 Å². The molecule has 1 unspecified atom stereocenters. The van der Waals surface area contributed by atoms with Gasteiger partial charge in [0.25, 0.3) is 0 Å². The Morgan fingerprint density at radius 3 is 2.04 bits per heavy atom. The third-order valence-electron chi connectivity index (χ3n) is 8.88. The summed E-state index contributed by atoms with van der Waals surface area (Å²) in [6.45, 7) is 2.64. The molecule has 3 heterocycles. The zero-order valence-electron chi connectivity index (χ0n) is 26.4. The van der Waals surface area contributed by atoms with Crippen molar-refractivity contribution in [3.8, 4) is 11.3 Å². The van der Waals surface area contributed by atoms with Gasteiger partial charge in [-0.05, 0) is 93.9 Å². The molecule has 0 bridgehead atoms. The van der Waals surface area contributed by atoms with Gasteiger partial charge in [-0.25, -0.2) is 0 Å². The Kier molecular flexibility index (Phi) is 8.90. The number of fused-ring (bicyclic) bond motifs is 1. The van der Waals surface area contributed by atoms with Crippen LogP contribution in [-0.2, 0) is 19.2 Å². The van der Waals surface area contributed by atoms with Crippen molar-refractivity contribution < 1.29 is 23.6 Å². The zero-order valence-corrected chi connectivity index (χ0v) is 26.4. The van der Waals surface area contributed by atoms with Crippen molar-refractivity contribution in [3.63, 3.8) is 0 Å². The van der Waals surface area contributed by atoms with Crippen LogP contribution in [0.15, 0.2) is 83.3 Å². The molecule has 0 aliphatic carbocycles. The van der Waals surface area contributed by atoms with Gasteiger partial charge in [0.1, 0.15) is 29.5 Å². The molecule has 0 radical (unpaired) electrons.